The number of imide groups is 1. The molecule has 1 atom stereocenters. The molecule has 1 aliphatic rings. The summed E-state index contributed by atoms with van der Waals surface area (Å²) in [7, 11) is 0. The lowest BCUT2D eigenvalue weighted by molar-refractivity contribution is 0.0302. The molecule has 25 heavy (non-hydrogen) atoms. The molecule has 0 spiro atoms. The van der Waals surface area contributed by atoms with Crippen molar-refractivity contribution in [2.24, 2.45) is 5.73 Å². The summed E-state index contributed by atoms with van der Waals surface area (Å²) in [6.07, 6.45) is 2.11. The second kappa shape index (κ2) is 8.55. The summed E-state index contributed by atoms with van der Waals surface area (Å²) in [5, 5.41) is 12.4. The number of nitrogens with two attached hydrogens (primary N) is 1. The van der Waals surface area contributed by atoms with Crippen LogP contribution in [0.1, 0.15) is 46.0 Å². The van der Waals surface area contributed by atoms with Crippen LogP contribution in [0.5, 0.6) is 0 Å². The summed E-state index contributed by atoms with van der Waals surface area (Å²) in [5.74, 6) is -0.601. The third-order valence-electron chi connectivity index (χ3n) is 4.29. The van der Waals surface area contributed by atoms with Gasteiger partial charge >= 0.3 is 0 Å². The van der Waals surface area contributed by atoms with Gasteiger partial charge in [0.1, 0.15) is 0 Å². The highest BCUT2D eigenvalue weighted by molar-refractivity contribution is 6.21. The van der Waals surface area contributed by atoms with Gasteiger partial charge in [-0.3, -0.25) is 14.9 Å². The van der Waals surface area contributed by atoms with Gasteiger partial charge in [-0.2, -0.15) is 0 Å². The van der Waals surface area contributed by atoms with Gasteiger partial charge in [0, 0.05) is 6.42 Å². The van der Waals surface area contributed by atoms with Crippen molar-refractivity contribution in [3.8, 4) is 0 Å². The minimum atomic E-state index is -0.629. The lowest BCUT2D eigenvalue weighted by Gasteiger charge is -2.26. The van der Waals surface area contributed by atoms with Crippen LogP contribution in [0.4, 0.5) is 0 Å². The van der Waals surface area contributed by atoms with E-state index in [4.69, 9.17) is 5.73 Å². The number of rotatable bonds is 5. The first-order chi connectivity index (χ1) is 12.0. The van der Waals surface area contributed by atoms with Crippen LogP contribution in [0.3, 0.4) is 0 Å². The number of benzene rings is 2. The molecule has 3 rings (SSSR count). The Labute approximate surface area is 147 Å². The topological polar surface area (TPSA) is 92.4 Å². The van der Waals surface area contributed by atoms with Gasteiger partial charge < -0.3 is 10.8 Å². The lowest BCUT2D eigenvalue weighted by atomic mass is 9.89. The molecule has 0 aliphatic carbocycles. The Balaban J connectivity index is 0.000000185. The van der Waals surface area contributed by atoms with Crippen molar-refractivity contribution in [1.29, 1.82) is 0 Å². The smallest absolute Gasteiger partial charge is 0.258 e. The largest absolute Gasteiger partial charge is 0.390 e. The van der Waals surface area contributed by atoms with Crippen molar-refractivity contribution in [3.63, 3.8) is 0 Å². The Morgan fingerprint density at radius 3 is 1.96 bits per heavy atom. The zero-order chi connectivity index (χ0) is 18.3. The molecule has 2 aromatic carbocycles. The molecule has 1 heterocycles. The number of aliphatic hydroxyl groups is 1. The number of hydrogen-bond donors (Lipinski definition) is 3. The van der Waals surface area contributed by atoms with E-state index in [1.54, 1.807) is 24.3 Å². The van der Waals surface area contributed by atoms with Crippen LogP contribution in [0.2, 0.25) is 0 Å². The highest BCUT2D eigenvalue weighted by atomic mass is 16.3. The van der Waals surface area contributed by atoms with Crippen LogP contribution in [-0.4, -0.2) is 29.1 Å². The van der Waals surface area contributed by atoms with E-state index in [2.05, 4.69) is 5.32 Å². The molecule has 0 radical (unpaired) electrons. The average Bonchev–Trinajstić information content (AvgIpc) is 2.91. The van der Waals surface area contributed by atoms with Crippen LogP contribution in [0.15, 0.2) is 54.6 Å². The zero-order valence-electron chi connectivity index (χ0n) is 14.4. The fourth-order valence-corrected chi connectivity index (χ4v) is 2.75. The van der Waals surface area contributed by atoms with Crippen molar-refractivity contribution in [2.75, 3.05) is 6.54 Å². The predicted molar refractivity (Wildman–Crippen MR) is 97.3 cm³/mol. The number of carbonyl (C=O) groups excluding carboxylic acids is 2. The second-order valence-electron chi connectivity index (χ2n) is 6.11. The Morgan fingerprint density at radius 2 is 1.48 bits per heavy atom. The number of hydrogen-bond acceptors (Lipinski definition) is 4. The summed E-state index contributed by atoms with van der Waals surface area (Å²) in [4.78, 5) is 21.9. The van der Waals surface area contributed by atoms with Gasteiger partial charge in [-0.05, 0) is 37.1 Å². The SMILES string of the molecule is CCC(O)(CCN)Cc1ccccc1.O=C1NC(=O)c2ccccc21. The quantitative estimate of drug-likeness (QED) is 0.728. The molecule has 5 heteroatoms. The molecule has 0 aromatic heterocycles. The summed E-state index contributed by atoms with van der Waals surface area (Å²) in [6, 6.07) is 16.8. The average molecular weight is 340 g/mol. The Hall–Kier alpha value is -2.50. The first kappa shape index (κ1) is 18.8. The minimum Gasteiger partial charge on any atom is -0.390 e. The molecule has 5 nitrogen and oxygen atoms in total. The predicted octanol–water partition coefficient (Wildman–Crippen LogP) is 2.29. The zero-order valence-corrected chi connectivity index (χ0v) is 14.4. The van der Waals surface area contributed by atoms with Crippen LogP contribution in [0.25, 0.3) is 0 Å². The first-order valence-corrected chi connectivity index (χ1v) is 8.40. The summed E-state index contributed by atoms with van der Waals surface area (Å²) >= 11 is 0. The van der Waals surface area contributed by atoms with Crippen molar-refractivity contribution in [3.05, 3.63) is 71.3 Å². The second-order valence-corrected chi connectivity index (χ2v) is 6.11. The Bertz CT molecular complexity index is 698. The Kier molecular flexibility index (Phi) is 6.44. The molecule has 0 saturated carbocycles. The molecule has 1 aliphatic heterocycles. The van der Waals surface area contributed by atoms with Crippen LogP contribution in [-0.2, 0) is 6.42 Å². The van der Waals surface area contributed by atoms with E-state index in [9.17, 15) is 14.7 Å². The van der Waals surface area contributed by atoms with Crippen molar-refractivity contribution in [2.45, 2.75) is 31.8 Å². The van der Waals surface area contributed by atoms with Crippen LogP contribution < -0.4 is 11.1 Å². The van der Waals surface area contributed by atoms with E-state index in [0.29, 0.717) is 30.5 Å². The van der Waals surface area contributed by atoms with Gasteiger partial charge in [0.2, 0.25) is 0 Å². The van der Waals surface area contributed by atoms with Gasteiger partial charge in [-0.15, -0.1) is 0 Å². The molecular weight excluding hydrogens is 316 g/mol. The normalized spacial score (nSPS) is 14.8. The monoisotopic (exact) mass is 340 g/mol. The minimum absolute atomic E-state index is 0.300. The summed E-state index contributed by atoms with van der Waals surface area (Å²) in [6.45, 7) is 2.54. The summed E-state index contributed by atoms with van der Waals surface area (Å²) in [5.41, 5.74) is 6.97. The molecule has 2 aromatic rings. The highest BCUT2D eigenvalue weighted by Crippen LogP contribution is 2.20. The Morgan fingerprint density at radius 1 is 0.960 bits per heavy atom. The van der Waals surface area contributed by atoms with Crippen molar-refractivity contribution < 1.29 is 14.7 Å². The van der Waals surface area contributed by atoms with E-state index < -0.39 is 5.60 Å². The maximum Gasteiger partial charge on any atom is 0.258 e. The number of carbonyl (C=O) groups is 2. The third-order valence-corrected chi connectivity index (χ3v) is 4.29. The number of nitrogens with one attached hydrogen (secondary N) is 1. The van der Waals surface area contributed by atoms with E-state index in [-0.39, 0.29) is 11.8 Å². The van der Waals surface area contributed by atoms with E-state index in [1.165, 1.54) is 5.56 Å². The molecule has 0 bridgehead atoms. The van der Waals surface area contributed by atoms with Crippen LogP contribution in [0, 0.1) is 0 Å². The van der Waals surface area contributed by atoms with Crippen molar-refractivity contribution >= 4 is 11.8 Å². The van der Waals surface area contributed by atoms with Gasteiger partial charge in [-0.1, -0.05) is 49.4 Å². The van der Waals surface area contributed by atoms with E-state index in [1.807, 2.05) is 37.3 Å². The summed E-state index contributed by atoms with van der Waals surface area (Å²) < 4.78 is 0. The standard InChI is InChI=1S/C12H19NO.C8H5NO2/c1-2-12(14,8-9-13)10-11-6-4-3-5-7-11;10-7-5-3-1-2-4-6(5)8(11)9-7/h3-7,14H,2,8-10,13H2,1H3;1-4H,(H,9,10,11). The lowest BCUT2D eigenvalue weighted by Crippen LogP contribution is -2.33. The maximum absolute atomic E-state index is 10.9. The molecule has 132 valence electrons. The van der Waals surface area contributed by atoms with E-state index in [0.717, 1.165) is 6.42 Å². The van der Waals surface area contributed by atoms with Crippen molar-refractivity contribution in [1.82, 2.24) is 5.32 Å². The highest BCUT2D eigenvalue weighted by Gasteiger charge is 2.25. The van der Waals surface area contributed by atoms with Crippen LogP contribution >= 0.6 is 0 Å². The molecule has 0 fully saturated rings. The molecular formula is C20H24N2O3. The fourth-order valence-electron chi connectivity index (χ4n) is 2.75. The first-order valence-electron chi connectivity index (χ1n) is 8.40. The third kappa shape index (κ3) is 4.98. The van der Waals surface area contributed by atoms with E-state index >= 15 is 0 Å². The molecule has 4 N–H and O–H groups in total. The number of fused-ring (bicyclic) bond motifs is 1. The van der Waals surface area contributed by atoms with Gasteiger partial charge in [0.15, 0.2) is 0 Å². The maximum atomic E-state index is 10.9. The number of amides is 2. The fraction of sp³-hybridized carbons (Fsp3) is 0.300. The molecule has 1 unspecified atom stereocenters. The molecule has 2 amide bonds. The molecule has 0 saturated heterocycles. The van der Waals surface area contributed by atoms with Gasteiger partial charge in [-0.25, -0.2) is 0 Å². The van der Waals surface area contributed by atoms with Gasteiger partial charge in [0.05, 0.1) is 16.7 Å². The van der Waals surface area contributed by atoms with Gasteiger partial charge in [0.25, 0.3) is 11.8 Å².